The molecule has 0 aliphatic heterocycles. The maximum absolute atomic E-state index is 12.3. The molecular weight excluding hydrogens is 408 g/mol. The lowest BCUT2D eigenvalue weighted by atomic mass is 10.2. The Hall–Kier alpha value is -3.40. The van der Waals surface area contributed by atoms with E-state index in [9.17, 15) is 9.59 Å². The van der Waals surface area contributed by atoms with Crippen LogP contribution >= 0.6 is 11.3 Å². The van der Waals surface area contributed by atoms with Crippen LogP contribution in [0.1, 0.15) is 21.8 Å². The summed E-state index contributed by atoms with van der Waals surface area (Å²) in [6, 6.07) is 3.36. The summed E-state index contributed by atoms with van der Waals surface area (Å²) >= 11 is 1.43. The normalized spacial score (nSPS) is 11.1. The molecular formula is C20H22N4O5S. The Morgan fingerprint density at radius 1 is 1.20 bits per heavy atom. The topological polar surface area (TPSA) is 115 Å². The molecule has 1 aromatic carbocycles. The molecule has 1 amide bonds. The Morgan fingerprint density at radius 3 is 2.47 bits per heavy atom. The van der Waals surface area contributed by atoms with Crippen molar-refractivity contribution >= 4 is 33.7 Å². The molecule has 3 rings (SSSR count). The van der Waals surface area contributed by atoms with Gasteiger partial charge in [-0.15, -0.1) is 11.3 Å². The molecule has 2 N–H and O–H groups in total. The number of hydrogen-bond donors (Lipinski definition) is 2. The van der Waals surface area contributed by atoms with Crippen molar-refractivity contribution in [1.82, 2.24) is 15.4 Å². The van der Waals surface area contributed by atoms with E-state index >= 15 is 0 Å². The lowest BCUT2D eigenvalue weighted by Gasteiger charge is -2.12. The monoisotopic (exact) mass is 430 g/mol. The first-order valence-corrected chi connectivity index (χ1v) is 9.80. The number of amides is 1. The summed E-state index contributed by atoms with van der Waals surface area (Å²) in [4.78, 5) is 33.3. The minimum atomic E-state index is -0.426. The van der Waals surface area contributed by atoms with E-state index in [-0.39, 0.29) is 17.8 Å². The van der Waals surface area contributed by atoms with Gasteiger partial charge >= 0.3 is 0 Å². The second kappa shape index (κ2) is 8.95. The summed E-state index contributed by atoms with van der Waals surface area (Å²) in [5.74, 6) is 1.37. The van der Waals surface area contributed by atoms with Gasteiger partial charge in [-0.25, -0.2) is 10.4 Å². The molecule has 10 heteroatoms. The van der Waals surface area contributed by atoms with Crippen molar-refractivity contribution in [2.24, 2.45) is 5.10 Å². The third-order valence-corrected chi connectivity index (χ3v) is 5.65. The Kier molecular flexibility index (Phi) is 6.36. The van der Waals surface area contributed by atoms with Gasteiger partial charge in [0.1, 0.15) is 27.9 Å². The Labute approximate surface area is 176 Å². The second-order valence-electron chi connectivity index (χ2n) is 6.39. The number of ether oxygens (including phenoxy) is 3. The van der Waals surface area contributed by atoms with Gasteiger partial charge in [-0.3, -0.25) is 9.59 Å². The number of nitrogens with zero attached hydrogens (tertiary/aromatic N) is 2. The zero-order chi connectivity index (χ0) is 21.8. The molecule has 0 saturated heterocycles. The first-order chi connectivity index (χ1) is 14.4. The average molecular weight is 430 g/mol. The number of benzene rings is 1. The number of fused-ring (bicyclic) bond motifs is 1. The van der Waals surface area contributed by atoms with Crippen LogP contribution < -0.4 is 25.2 Å². The number of hydrogen-bond acceptors (Lipinski definition) is 8. The fourth-order valence-corrected chi connectivity index (χ4v) is 3.95. The third kappa shape index (κ3) is 4.28. The predicted molar refractivity (Wildman–Crippen MR) is 115 cm³/mol. The number of carbonyl (C=O) groups is 1. The first kappa shape index (κ1) is 21.3. The van der Waals surface area contributed by atoms with E-state index in [0.29, 0.717) is 33.0 Å². The molecule has 2 heterocycles. The molecule has 9 nitrogen and oxygen atoms in total. The maximum Gasteiger partial charge on any atom is 0.259 e. The van der Waals surface area contributed by atoms with Crippen molar-refractivity contribution in [3.8, 4) is 17.2 Å². The van der Waals surface area contributed by atoms with Crippen LogP contribution in [0.25, 0.3) is 10.2 Å². The Bertz CT molecular complexity index is 1160. The zero-order valence-corrected chi connectivity index (χ0v) is 18.1. The van der Waals surface area contributed by atoms with E-state index in [4.69, 9.17) is 14.2 Å². The second-order valence-corrected chi connectivity index (χ2v) is 7.59. The van der Waals surface area contributed by atoms with Crippen molar-refractivity contribution < 1.29 is 19.0 Å². The highest BCUT2D eigenvalue weighted by atomic mass is 32.1. The lowest BCUT2D eigenvalue weighted by Crippen LogP contribution is -2.23. The number of hydrazone groups is 1. The molecule has 0 radical (unpaired) electrons. The fourth-order valence-electron chi connectivity index (χ4n) is 2.90. The fraction of sp³-hybridized carbons (Fsp3) is 0.300. The average Bonchev–Trinajstić information content (AvgIpc) is 3.01. The summed E-state index contributed by atoms with van der Waals surface area (Å²) in [7, 11) is 4.56. The summed E-state index contributed by atoms with van der Waals surface area (Å²) in [5.41, 5.74) is 3.62. The van der Waals surface area contributed by atoms with Crippen molar-refractivity contribution in [2.45, 2.75) is 20.3 Å². The van der Waals surface area contributed by atoms with Crippen molar-refractivity contribution in [2.75, 3.05) is 21.3 Å². The van der Waals surface area contributed by atoms with Crippen molar-refractivity contribution in [3.63, 3.8) is 0 Å². The number of nitrogens with one attached hydrogen (secondary N) is 2. The number of carbonyl (C=O) groups excluding carboxylic acids is 1. The minimum absolute atomic E-state index is 0.116. The summed E-state index contributed by atoms with van der Waals surface area (Å²) in [6.45, 7) is 3.82. The summed E-state index contributed by atoms with van der Waals surface area (Å²) in [6.07, 6.45) is 1.30. The molecule has 0 unspecified atom stereocenters. The van der Waals surface area contributed by atoms with E-state index in [1.165, 1.54) is 38.9 Å². The molecule has 0 spiro atoms. The van der Waals surface area contributed by atoms with E-state index in [1.807, 2.05) is 13.8 Å². The molecule has 0 aliphatic carbocycles. The van der Waals surface area contributed by atoms with Gasteiger partial charge in [0.25, 0.3) is 5.56 Å². The third-order valence-electron chi connectivity index (χ3n) is 4.55. The number of aryl methyl sites for hydroxylation is 2. The van der Waals surface area contributed by atoms with Gasteiger partial charge in [0.2, 0.25) is 5.91 Å². The van der Waals surface area contributed by atoms with Crippen LogP contribution in [-0.4, -0.2) is 43.4 Å². The smallest absolute Gasteiger partial charge is 0.259 e. The van der Waals surface area contributed by atoms with Gasteiger partial charge in [0, 0.05) is 17.0 Å². The molecule has 3 aromatic rings. The largest absolute Gasteiger partial charge is 0.496 e. The standard InChI is InChI=1S/C20H22N4O5S/c1-10-11(2)30-20-18(10)19(26)22-16(23-20)8-17(25)24-21-9-13-14(28-4)6-12(27-3)7-15(13)29-5/h6-7,9H,8H2,1-5H3,(H,24,25)(H,22,23,26)/b21-9+. The van der Waals surface area contributed by atoms with Gasteiger partial charge in [0.05, 0.1) is 44.9 Å². The van der Waals surface area contributed by atoms with E-state index < -0.39 is 5.91 Å². The SMILES string of the molecule is COc1cc(OC)c(/C=N/NC(=O)Cc2nc3sc(C)c(C)c3c(=O)[nH]2)c(OC)c1. The zero-order valence-electron chi connectivity index (χ0n) is 17.3. The molecule has 0 fully saturated rings. The molecule has 30 heavy (non-hydrogen) atoms. The minimum Gasteiger partial charge on any atom is -0.496 e. The number of rotatable bonds is 7. The molecule has 158 valence electrons. The number of aromatic amines is 1. The van der Waals surface area contributed by atoms with Crippen LogP contribution in [0.2, 0.25) is 0 Å². The van der Waals surface area contributed by atoms with E-state index in [1.54, 1.807) is 12.1 Å². The van der Waals surface area contributed by atoms with Gasteiger partial charge in [0.15, 0.2) is 0 Å². The Morgan fingerprint density at radius 2 is 1.87 bits per heavy atom. The maximum atomic E-state index is 12.3. The van der Waals surface area contributed by atoms with Crippen LogP contribution in [0.4, 0.5) is 0 Å². The van der Waals surface area contributed by atoms with Crippen LogP contribution in [-0.2, 0) is 11.2 Å². The van der Waals surface area contributed by atoms with Gasteiger partial charge in [-0.05, 0) is 19.4 Å². The van der Waals surface area contributed by atoms with Crippen molar-refractivity contribution in [1.29, 1.82) is 0 Å². The highest BCUT2D eigenvalue weighted by Crippen LogP contribution is 2.32. The van der Waals surface area contributed by atoms with Crippen LogP contribution in [0.3, 0.4) is 0 Å². The van der Waals surface area contributed by atoms with Crippen LogP contribution in [0.15, 0.2) is 22.0 Å². The van der Waals surface area contributed by atoms with E-state index in [2.05, 4.69) is 20.5 Å². The van der Waals surface area contributed by atoms with Gasteiger partial charge in [-0.1, -0.05) is 0 Å². The Balaban J connectivity index is 1.76. The first-order valence-electron chi connectivity index (χ1n) is 8.98. The molecule has 0 atom stereocenters. The predicted octanol–water partition coefficient (Wildman–Crippen LogP) is 2.32. The highest BCUT2D eigenvalue weighted by molar-refractivity contribution is 7.18. The van der Waals surface area contributed by atoms with Crippen LogP contribution in [0.5, 0.6) is 17.2 Å². The lowest BCUT2D eigenvalue weighted by molar-refractivity contribution is -0.120. The molecule has 0 aliphatic rings. The number of thiophene rings is 1. The molecule has 0 saturated carbocycles. The summed E-state index contributed by atoms with van der Waals surface area (Å²) in [5, 5.41) is 4.54. The molecule has 2 aromatic heterocycles. The van der Waals surface area contributed by atoms with Crippen molar-refractivity contribution in [3.05, 3.63) is 44.3 Å². The van der Waals surface area contributed by atoms with Crippen LogP contribution in [0, 0.1) is 13.8 Å². The molecule has 0 bridgehead atoms. The quantitative estimate of drug-likeness (QED) is 0.439. The van der Waals surface area contributed by atoms with Gasteiger partial charge in [-0.2, -0.15) is 5.10 Å². The number of aromatic nitrogens is 2. The number of methoxy groups -OCH3 is 3. The summed E-state index contributed by atoms with van der Waals surface area (Å²) < 4.78 is 15.9. The van der Waals surface area contributed by atoms with E-state index in [0.717, 1.165) is 10.4 Å². The number of H-pyrrole nitrogens is 1. The highest BCUT2D eigenvalue weighted by Gasteiger charge is 2.14. The van der Waals surface area contributed by atoms with Gasteiger partial charge < -0.3 is 19.2 Å².